The van der Waals surface area contributed by atoms with Crippen molar-refractivity contribution in [2.24, 2.45) is 0 Å². The molecule has 0 atom stereocenters. The molecule has 10 nitrogen and oxygen atoms in total. The lowest BCUT2D eigenvalue weighted by atomic mass is 10.1. The molecular formula is C17H10N4O6S2. The molecule has 0 aliphatic carbocycles. The summed E-state index contributed by atoms with van der Waals surface area (Å²) < 4.78 is 37.6. The number of hydrogen-bond acceptors (Lipinski definition) is 8. The van der Waals surface area contributed by atoms with E-state index < -0.39 is 21.5 Å². The third-order valence-corrected chi connectivity index (χ3v) is 6.37. The predicted octanol–water partition coefficient (Wildman–Crippen LogP) is 2.48. The molecule has 0 bridgehead atoms. The van der Waals surface area contributed by atoms with E-state index in [0.29, 0.717) is 27.9 Å². The zero-order valence-electron chi connectivity index (χ0n) is 14.3. The van der Waals surface area contributed by atoms with Crippen LogP contribution in [0.1, 0.15) is 0 Å². The topological polar surface area (TPSA) is 151 Å². The minimum atomic E-state index is -3.94. The highest BCUT2D eigenvalue weighted by molar-refractivity contribution is 7.93. The second kappa shape index (κ2) is 6.18. The molecule has 3 N–H and O–H groups in total. The number of benzene rings is 2. The molecule has 0 aliphatic rings. The summed E-state index contributed by atoms with van der Waals surface area (Å²) in [5.74, 6) is -1.22. The van der Waals surface area contributed by atoms with Gasteiger partial charge in [-0.1, -0.05) is 6.07 Å². The van der Waals surface area contributed by atoms with Crippen LogP contribution in [0.4, 0.5) is 5.13 Å². The summed E-state index contributed by atoms with van der Waals surface area (Å²) in [6.07, 6.45) is 0. The third-order valence-electron chi connectivity index (χ3n) is 4.15. The number of rotatable bonds is 4. The number of aromatic nitrogens is 3. The van der Waals surface area contributed by atoms with E-state index >= 15 is 0 Å². The average Bonchev–Trinajstić information content (AvgIpc) is 3.36. The number of hydrogen-bond donors (Lipinski definition) is 3. The van der Waals surface area contributed by atoms with Crippen molar-refractivity contribution in [3.8, 4) is 11.3 Å². The third kappa shape index (κ3) is 3.13. The van der Waals surface area contributed by atoms with Crippen LogP contribution in [0.25, 0.3) is 33.5 Å². The second-order valence-corrected chi connectivity index (χ2v) is 8.58. The van der Waals surface area contributed by atoms with Crippen LogP contribution in [0, 0.1) is 0 Å². The van der Waals surface area contributed by atoms with Crippen molar-refractivity contribution in [3.63, 3.8) is 0 Å². The standard InChI is InChI=1S/C17H10N4O6S2/c22-16-19-10-3-1-8(5-13(10)26-16)12-7-28-15(18-12)21-29(24,25)9-2-4-11-14(6-9)27-17(23)20-11/h1-7H,(H,18,21)(H,19,22)(H,20,23). The Bertz CT molecular complexity index is 1600. The zero-order chi connectivity index (χ0) is 20.2. The number of sulfonamides is 1. The smallest absolute Gasteiger partial charge is 0.408 e. The van der Waals surface area contributed by atoms with E-state index in [1.807, 2.05) is 0 Å². The quantitative estimate of drug-likeness (QED) is 0.396. The molecule has 0 fully saturated rings. The Morgan fingerprint density at radius 1 is 0.931 bits per heavy atom. The molecular weight excluding hydrogens is 420 g/mol. The van der Waals surface area contributed by atoms with Crippen molar-refractivity contribution in [2.45, 2.75) is 4.90 Å². The van der Waals surface area contributed by atoms with Gasteiger partial charge in [0.1, 0.15) is 0 Å². The maximum absolute atomic E-state index is 12.6. The van der Waals surface area contributed by atoms with Gasteiger partial charge in [0.05, 0.1) is 21.6 Å². The number of nitrogens with zero attached hydrogens (tertiary/aromatic N) is 1. The summed E-state index contributed by atoms with van der Waals surface area (Å²) >= 11 is 1.10. The van der Waals surface area contributed by atoms with Gasteiger partial charge in [-0.25, -0.2) is 23.0 Å². The van der Waals surface area contributed by atoms with Gasteiger partial charge in [-0.2, -0.15) is 0 Å². The largest absolute Gasteiger partial charge is 0.417 e. The highest BCUT2D eigenvalue weighted by Gasteiger charge is 2.18. The maximum atomic E-state index is 12.6. The van der Waals surface area contributed by atoms with Crippen molar-refractivity contribution in [2.75, 3.05) is 4.72 Å². The van der Waals surface area contributed by atoms with E-state index in [2.05, 4.69) is 19.7 Å². The van der Waals surface area contributed by atoms with Crippen LogP contribution in [-0.4, -0.2) is 23.4 Å². The number of oxazole rings is 2. The van der Waals surface area contributed by atoms with E-state index in [9.17, 15) is 18.0 Å². The number of anilines is 1. The lowest BCUT2D eigenvalue weighted by Crippen LogP contribution is -2.12. The number of H-pyrrole nitrogens is 2. The first kappa shape index (κ1) is 17.5. The van der Waals surface area contributed by atoms with Gasteiger partial charge in [-0.05, 0) is 24.3 Å². The van der Waals surface area contributed by atoms with Gasteiger partial charge in [0.25, 0.3) is 10.0 Å². The molecule has 0 amide bonds. The number of aromatic amines is 2. The number of fused-ring (bicyclic) bond motifs is 2. The van der Waals surface area contributed by atoms with Gasteiger partial charge in [0.15, 0.2) is 16.3 Å². The van der Waals surface area contributed by atoms with Gasteiger partial charge in [-0.3, -0.25) is 14.7 Å². The molecule has 0 saturated heterocycles. The summed E-state index contributed by atoms with van der Waals surface area (Å²) in [4.78, 5) is 31.7. The fraction of sp³-hybridized carbons (Fsp3) is 0. The Morgan fingerprint density at radius 2 is 1.59 bits per heavy atom. The summed E-state index contributed by atoms with van der Waals surface area (Å²) in [7, 11) is -3.94. The van der Waals surface area contributed by atoms with E-state index in [1.165, 1.54) is 18.2 Å². The van der Waals surface area contributed by atoms with Gasteiger partial charge in [0, 0.05) is 17.0 Å². The van der Waals surface area contributed by atoms with E-state index in [0.717, 1.165) is 11.3 Å². The molecule has 29 heavy (non-hydrogen) atoms. The van der Waals surface area contributed by atoms with Crippen LogP contribution < -0.4 is 16.2 Å². The van der Waals surface area contributed by atoms with Crippen LogP contribution in [0.5, 0.6) is 0 Å². The molecule has 0 aliphatic heterocycles. The van der Waals surface area contributed by atoms with E-state index in [-0.39, 0.29) is 15.6 Å². The molecule has 0 unspecified atom stereocenters. The SMILES string of the molecule is O=c1[nH]c2ccc(-c3csc(NS(=O)(=O)c4ccc5[nH]c(=O)oc5c4)n3)cc2o1. The average molecular weight is 430 g/mol. The lowest BCUT2D eigenvalue weighted by molar-refractivity contribution is 0.554. The van der Waals surface area contributed by atoms with Crippen molar-refractivity contribution >= 4 is 48.7 Å². The number of nitrogens with one attached hydrogen (secondary N) is 3. The Hall–Kier alpha value is -3.64. The summed E-state index contributed by atoms with van der Waals surface area (Å²) in [5, 5.41) is 1.84. The van der Waals surface area contributed by atoms with Gasteiger partial charge >= 0.3 is 11.5 Å². The normalized spacial score (nSPS) is 12.0. The highest BCUT2D eigenvalue weighted by Crippen LogP contribution is 2.28. The summed E-state index contributed by atoms with van der Waals surface area (Å²) in [6, 6.07) is 9.12. The van der Waals surface area contributed by atoms with Crippen molar-refractivity contribution in [1.82, 2.24) is 15.0 Å². The Balaban J connectivity index is 1.45. The van der Waals surface area contributed by atoms with Crippen molar-refractivity contribution in [3.05, 3.63) is 62.9 Å². The molecule has 0 saturated carbocycles. The van der Waals surface area contributed by atoms with E-state index in [1.54, 1.807) is 23.6 Å². The molecule has 146 valence electrons. The molecule has 12 heteroatoms. The van der Waals surface area contributed by atoms with Crippen LogP contribution in [0.3, 0.4) is 0 Å². The minimum Gasteiger partial charge on any atom is -0.408 e. The Morgan fingerprint density at radius 3 is 2.31 bits per heavy atom. The highest BCUT2D eigenvalue weighted by atomic mass is 32.2. The van der Waals surface area contributed by atoms with Crippen LogP contribution in [-0.2, 0) is 10.0 Å². The van der Waals surface area contributed by atoms with Crippen molar-refractivity contribution < 1.29 is 17.3 Å². The summed E-state index contributed by atoms with van der Waals surface area (Å²) in [6.45, 7) is 0. The number of thiazole rings is 1. The molecule has 3 heterocycles. The lowest BCUT2D eigenvalue weighted by Gasteiger charge is -2.04. The monoisotopic (exact) mass is 430 g/mol. The van der Waals surface area contributed by atoms with E-state index in [4.69, 9.17) is 8.83 Å². The molecule has 2 aromatic carbocycles. The molecule has 3 aromatic heterocycles. The Labute approximate surface area is 164 Å². The molecule has 5 aromatic rings. The summed E-state index contributed by atoms with van der Waals surface area (Å²) in [5.41, 5.74) is 2.66. The van der Waals surface area contributed by atoms with Gasteiger partial charge in [-0.15, -0.1) is 11.3 Å². The van der Waals surface area contributed by atoms with Crippen LogP contribution >= 0.6 is 11.3 Å². The fourth-order valence-corrected chi connectivity index (χ4v) is 4.81. The molecule has 0 radical (unpaired) electrons. The van der Waals surface area contributed by atoms with Crippen molar-refractivity contribution in [1.29, 1.82) is 0 Å². The molecule has 0 spiro atoms. The second-order valence-electron chi connectivity index (χ2n) is 6.04. The maximum Gasteiger partial charge on any atom is 0.417 e. The first-order chi connectivity index (χ1) is 13.9. The fourth-order valence-electron chi connectivity index (χ4n) is 2.82. The van der Waals surface area contributed by atoms with Crippen LogP contribution in [0.15, 0.2) is 65.1 Å². The van der Waals surface area contributed by atoms with Crippen LogP contribution in [0.2, 0.25) is 0 Å². The minimum absolute atomic E-state index is 0.0694. The first-order valence-electron chi connectivity index (χ1n) is 8.12. The van der Waals surface area contributed by atoms with Gasteiger partial charge < -0.3 is 8.83 Å². The van der Waals surface area contributed by atoms with Gasteiger partial charge in [0.2, 0.25) is 0 Å². The molecule has 5 rings (SSSR count). The Kier molecular flexibility index (Phi) is 3.72. The predicted molar refractivity (Wildman–Crippen MR) is 106 cm³/mol. The zero-order valence-corrected chi connectivity index (χ0v) is 15.9. The first-order valence-corrected chi connectivity index (χ1v) is 10.5.